The maximum Gasteiger partial charge on any atom is 0.422 e. The normalized spacial score (nSPS) is 12.2. The standard InChI is InChI=1S/C10H6BrF6NO2/c11-5-1-2-7(6(3-5)10(15,16)17)18-8(19)20-4-9(12,13)14/h1-3H,4H2,(H,18,19). The van der Waals surface area contributed by atoms with Crippen molar-refractivity contribution in [2.24, 2.45) is 0 Å². The topological polar surface area (TPSA) is 38.3 Å². The number of carbonyl (C=O) groups excluding carboxylic acids is 1. The third kappa shape index (κ3) is 5.27. The quantitative estimate of drug-likeness (QED) is 0.779. The molecule has 0 aliphatic rings. The zero-order chi connectivity index (χ0) is 15.6. The highest BCUT2D eigenvalue weighted by atomic mass is 79.9. The molecule has 0 unspecified atom stereocenters. The molecule has 0 spiro atoms. The van der Waals surface area contributed by atoms with Gasteiger partial charge in [-0.3, -0.25) is 5.32 Å². The first-order valence-corrected chi connectivity index (χ1v) is 5.65. The molecule has 20 heavy (non-hydrogen) atoms. The second-order valence-corrected chi connectivity index (χ2v) is 4.42. The number of rotatable bonds is 2. The molecular formula is C10H6BrF6NO2. The summed E-state index contributed by atoms with van der Waals surface area (Å²) in [6.07, 6.45) is -11.2. The first-order chi connectivity index (χ1) is 8.99. The van der Waals surface area contributed by atoms with E-state index in [0.29, 0.717) is 6.07 Å². The maximum absolute atomic E-state index is 12.7. The first kappa shape index (κ1) is 16.6. The van der Waals surface area contributed by atoms with E-state index in [9.17, 15) is 31.1 Å². The van der Waals surface area contributed by atoms with E-state index in [0.717, 1.165) is 6.07 Å². The van der Waals surface area contributed by atoms with E-state index in [1.807, 2.05) is 0 Å². The lowest BCUT2D eigenvalue weighted by molar-refractivity contribution is -0.159. The lowest BCUT2D eigenvalue weighted by Crippen LogP contribution is -2.24. The van der Waals surface area contributed by atoms with Gasteiger partial charge >= 0.3 is 18.4 Å². The van der Waals surface area contributed by atoms with Crippen LogP contribution in [0.15, 0.2) is 22.7 Å². The summed E-state index contributed by atoms with van der Waals surface area (Å²) < 4.78 is 77.2. The minimum atomic E-state index is -4.78. The predicted octanol–water partition coefficient (Wildman–Crippen LogP) is 4.58. The number of hydrogen-bond acceptors (Lipinski definition) is 2. The van der Waals surface area contributed by atoms with E-state index < -0.39 is 36.3 Å². The van der Waals surface area contributed by atoms with E-state index >= 15 is 0 Å². The summed E-state index contributed by atoms with van der Waals surface area (Å²) in [5, 5.41) is 1.61. The van der Waals surface area contributed by atoms with Crippen molar-refractivity contribution >= 4 is 27.7 Å². The Hall–Kier alpha value is -1.45. The number of alkyl halides is 6. The number of nitrogens with one attached hydrogen (secondary N) is 1. The monoisotopic (exact) mass is 365 g/mol. The molecule has 112 valence electrons. The van der Waals surface area contributed by atoms with Crippen LogP contribution in [0.2, 0.25) is 0 Å². The molecule has 0 aromatic heterocycles. The zero-order valence-corrected chi connectivity index (χ0v) is 11.0. The molecular weight excluding hydrogens is 360 g/mol. The molecule has 0 atom stereocenters. The van der Waals surface area contributed by atoms with Gasteiger partial charge in [0.15, 0.2) is 6.61 Å². The number of halogens is 7. The highest BCUT2D eigenvalue weighted by molar-refractivity contribution is 9.10. The van der Waals surface area contributed by atoms with E-state index in [2.05, 4.69) is 20.7 Å². The van der Waals surface area contributed by atoms with Crippen LogP contribution in [0.4, 0.5) is 36.8 Å². The van der Waals surface area contributed by atoms with Crippen LogP contribution in [-0.2, 0) is 10.9 Å². The smallest absolute Gasteiger partial charge is 0.422 e. The van der Waals surface area contributed by atoms with Gasteiger partial charge < -0.3 is 4.74 Å². The van der Waals surface area contributed by atoms with Gasteiger partial charge in [-0.1, -0.05) is 15.9 Å². The van der Waals surface area contributed by atoms with Crippen molar-refractivity contribution in [2.75, 3.05) is 11.9 Å². The highest BCUT2D eigenvalue weighted by Crippen LogP contribution is 2.36. The molecule has 1 N–H and O–H groups in total. The molecule has 0 saturated carbocycles. The molecule has 0 saturated heterocycles. The van der Waals surface area contributed by atoms with Crippen LogP contribution in [0.5, 0.6) is 0 Å². The Labute approximate surface area is 117 Å². The predicted molar refractivity (Wildman–Crippen MR) is 60.2 cm³/mol. The molecule has 3 nitrogen and oxygen atoms in total. The third-order valence-corrected chi connectivity index (χ3v) is 2.38. The molecule has 1 aromatic rings. The Morgan fingerprint density at radius 1 is 1.20 bits per heavy atom. The fraction of sp³-hybridized carbons (Fsp3) is 0.300. The van der Waals surface area contributed by atoms with Gasteiger partial charge in [0.1, 0.15) is 0 Å². The fourth-order valence-electron chi connectivity index (χ4n) is 1.15. The summed E-state index contributed by atoms with van der Waals surface area (Å²) in [5.41, 5.74) is -1.91. The Balaban J connectivity index is 2.85. The number of benzene rings is 1. The van der Waals surface area contributed by atoms with E-state index in [-0.39, 0.29) is 4.47 Å². The Bertz CT molecular complexity index is 500. The van der Waals surface area contributed by atoms with Crippen molar-refractivity contribution < 1.29 is 35.9 Å². The van der Waals surface area contributed by atoms with Crippen molar-refractivity contribution in [3.05, 3.63) is 28.2 Å². The van der Waals surface area contributed by atoms with Gasteiger partial charge in [-0.05, 0) is 18.2 Å². The molecule has 1 amide bonds. The van der Waals surface area contributed by atoms with E-state index in [4.69, 9.17) is 0 Å². The number of amides is 1. The van der Waals surface area contributed by atoms with Crippen LogP contribution in [0.3, 0.4) is 0 Å². The largest absolute Gasteiger partial charge is 0.440 e. The summed E-state index contributed by atoms with van der Waals surface area (Å²) in [6, 6.07) is 2.76. The zero-order valence-electron chi connectivity index (χ0n) is 9.40. The Morgan fingerprint density at radius 3 is 2.30 bits per heavy atom. The maximum atomic E-state index is 12.7. The van der Waals surface area contributed by atoms with Crippen molar-refractivity contribution in [1.82, 2.24) is 0 Å². The number of anilines is 1. The van der Waals surface area contributed by atoms with Crippen molar-refractivity contribution in [2.45, 2.75) is 12.4 Å². The second kappa shape index (κ2) is 5.90. The van der Waals surface area contributed by atoms with Crippen LogP contribution in [0, 0.1) is 0 Å². The van der Waals surface area contributed by atoms with Crippen LogP contribution >= 0.6 is 15.9 Å². The third-order valence-electron chi connectivity index (χ3n) is 1.89. The van der Waals surface area contributed by atoms with Crippen LogP contribution in [0.1, 0.15) is 5.56 Å². The number of hydrogen-bond donors (Lipinski definition) is 1. The van der Waals surface area contributed by atoms with Gasteiger partial charge in [-0.25, -0.2) is 4.79 Å². The molecule has 0 heterocycles. The summed E-state index contributed by atoms with van der Waals surface area (Å²) in [6.45, 7) is -1.89. The van der Waals surface area contributed by atoms with E-state index in [1.165, 1.54) is 6.07 Å². The lowest BCUT2D eigenvalue weighted by Gasteiger charge is -2.14. The molecule has 0 bridgehead atoms. The van der Waals surface area contributed by atoms with Gasteiger partial charge in [0.2, 0.25) is 0 Å². The van der Waals surface area contributed by atoms with Gasteiger partial charge in [-0.2, -0.15) is 26.3 Å². The summed E-state index contributed by atoms with van der Waals surface area (Å²) in [4.78, 5) is 11.0. The van der Waals surface area contributed by atoms with Crippen molar-refractivity contribution in [3.8, 4) is 0 Å². The summed E-state index contributed by atoms with van der Waals surface area (Å²) >= 11 is 2.82. The fourth-order valence-corrected chi connectivity index (χ4v) is 1.51. The molecule has 1 aromatic carbocycles. The molecule has 0 aliphatic carbocycles. The lowest BCUT2D eigenvalue weighted by atomic mass is 10.1. The van der Waals surface area contributed by atoms with Gasteiger partial charge in [0.05, 0.1) is 11.3 Å². The molecule has 0 radical (unpaired) electrons. The van der Waals surface area contributed by atoms with Crippen molar-refractivity contribution in [3.63, 3.8) is 0 Å². The molecule has 0 fully saturated rings. The van der Waals surface area contributed by atoms with Crippen LogP contribution in [-0.4, -0.2) is 18.9 Å². The van der Waals surface area contributed by atoms with Gasteiger partial charge in [0, 0.05) is 4.47 Å². The molecule has 0 aliphatic heterocycles. The second-order valence-electron chi connectivity index (χ2n) is 3.50. The van der Waals surface area contributed by atoms with Crippen molar-refractivity contribution in [1.29, 1.82) is 0 Å². The minimum absolute atomic E-state index is 0.0963. The SMILES string of the molecule is O=C(Nc1ccc(Br)cc1C(F)(F)F)OCC(F)(F)F. The van der Waals surface area contributed by atoms with Crippen LogP contribution < -0.4 is 5.32 Å². The molecule has 1 rings (SSSR count). The first-order valence-electron chi connectivity index (χ1n) is 4.86. The summed E-state index contributed by atoms with van der Waals surface area (Å²) in [5.74, 6) is 0. The van der Waals surface area contributed by atoms with E-state index in [1.54, 1.807) is 5.32 Å². The minimum Gasteiger partial charge on any atom is -0.440 e. The average molecular weight is 366 g/mol. The Kier molecular flexibility index (Phi) is 4.90. The summed E-state index contributed by atoms with van der Waals surface area (Å²) in [7, 11) is 0. The van der Waals surface area contributed by atoms with Gasteiger partial charge in [0.25, 0.3) is 0 Å². The van der Waals surface area contributed by atoms with Gasteiger partial charge in [-0.15, -0.1) is 0 Å². The van der Waals surface area contributed by atoms with Crippen LogP contribution in [0.25, 0.3) is 0 Å². The average Bonchev–Trinajstić information content (AvgIpc) is 2.26. The Morgan fingerprint density at radius 2 is 1.80 bits per heavy atom. The molecule has 10 heteroatoms. The number of carbonyl (C=O) groups is 1. The number of ether oxygens (including phenoxy) is 1. The highest BCUT2D eigenvalue weighted by Gasteiger charge is 2.35.